The fraction of sp³-hybridized carbons (Fsp3) is 0.571. The third kappa shape index (κ3) is 3.11. The van der Waals surface area contributed by atoms with Crippen molar-refractivity contribution in [1.82, 2.24) is 5.32 Å². The van der Waals surface area contributed by atoms with Crippen molar-refractivity contribution in [3.05, 3.63) is 34.1 Å². The Labute approximate surface area is 116 Å². The number of aliphatic hydroxyl groups is 1. The number of hydrogen-bond acceptors (Lipinski definition) is 2. The van der Waals surface area contributed by atoms with Gasteiger partial charge in [-0.1, -0.05) is 28.4 Å². The van der Waals surface area contributed by atoms with E-state index in [0.29, 0.717) is 17.5 Å². The minimum absolute atomic E-state index is 0.0322. The normalized spacial score (nSPS) is 25.3. The van der Waals surface area contributed by atoms with Crippen LogP contribution in [0, 0.1) is 11.7 Å². The number of hydrogen-bond donors (Lipinski definition) is 2. The molecule has 0 saturated heterocycles. The van der Waals surface area contributed by atoms with E-state index in [0.717, 1.165) is 23.7 Å². The minimum atomic E-state index is -0.192. The van der Waals surface area contributed by atoms with E-state index < -0.39 is 0 Å². The Morgan fingerprint density at radius 3 is 2.94 bits per heavy atom. The molecule has 2 rings (SSSR count). The molecule has 3 unspecified atom stereocenters. The number of benzene rings is 1. The van der Waals surface area contributed by atoms with Crippen LogP contribution in [0.3, 0.4) is 0 Å². The first-order valence-corrected chi connectivity index (χ1v) is 7.23. The molecule has 0 amide bonds. The standard InChI is InChI=1S/C14H19BrFNO/c1-9(12-6-5-11(15)7-13(12)16)17-14-4-2-3-10(14)8-18/h5-7,9-10,14,17-18H,2-4,8H2,1H3. The summed E-state index contributed by atoms with van der Waals surface area (Å²) in [5, 5.41) is 12.7. The Morgan fingerprint density at radius 2 is 2.28 bits per heavy atom. The van der Waals surface area contributed by atoms with Crippen LogP contribution in [0.15, 0.2) is 22.7 Å². The molecule has 3 atom stereocenters. The summed E-state index contributed by atoms with van der Waals surface area (Å²) in [5.74, 6) is 0.119. The molecule has 1 aromatic carbocycles. The molecule has 0 aromatic heterocycles. The summed E-state index contributed by atoms with van der Waals surface area (Å²) in [6.07, 6.45) is 3.26. The zero-order chi connectivity index (χ0) is 13.1. The van der Waals surface area contributed by atoms with E-state index in [-0.39, 0.29) is 18.5 Å². The van der Waals surface area contributed by atoms with E-state index in [4.69, 9.17) is 0 Å². The second-order valence-electron chi connectivity index (χ2n) is 5.03. The highest BCUT2D eigenvalue weighted by molar-refractivity contribution is 9.10. The maximum atomic E-state index is 13.8. The van der Waals surface area contributed by atoms with Crippen molar-refractivity contribution in [3.63, 3.8) is 0 Å². The summed E-state index contributed by atoms with van der Waals surface area (Å²) < 4.78 is 14.6. The van der Waals surface area contributed by atoms with E-state index in [9.17, 15) is 9.50 Å². The van der Waals surface area contributed by atoms with Crippen LogP contribution in [0.2, 0.25) is 0 Å². The summed E-state index contributed by atoms with van der Waals surface area (Å²) in [6.45, 7) is 2.19. The third-order valence-corrected chi connectivity index (χ3v) is 4.28. The molecule has 0 spiro atoms. The van der Waals surface area contributed by atoms with Gasteiger partial charge in [0.25, 0.3) is 0 Å². The van der Waals surface area contributed by atoms with Crippen molar-refractivity contribution >= 4 is 15.9 Å². The molecule has 0 aliphatic heterocycles. The van der Waals surface area contributed by atoms with Crippen molar-refractivity contribution in [2.45, 2.75) is 38.3 Å². The zero-order valence-electron chi connectivity index (χ0n) is 10.5. The Balaban J connectivity index is 2.05. The lowest BCUT2D eigenvalue weighted by Gasteiger charge is -2.24. The van der Waals surface area contributed by atoms with Gasteiger partial charge in [-0.05, 0) is 37.8 Å². The van der Waals surface area contributed by atoms with Gasteiger partial charge >= 0.3 is 0 Å². The van der Waals surface area contributed by atoms with Gasteiger partial charge in [0, 0.05) is 28.7 Å². The van der Waals surface area contributed by atoms with Crippen LogP contribution < -0.4 is 5.32 Å². The number of rotatable bonds is 4. The molecule has 2 N–H and O–H groups in total. The van der Waals surface area contributed by atoms with Crippen molar-refractivity contribution < 1.29 is 9.50 Å². The second kappa shape index (κ2) is 6.13. The van der Waals surface area contributed by atoms with Crippen molar-refractivity contribution in [3.8, 4) is 0 Å². The van der Waals surface area contributed by atoms with Crippen LogP contribution in [0.5, 0.6) is 0 Å². The van der Waals surface area contributed by atoms with Crippen LogP contribution in [0.1, 0.15) is 37.8 Å². The van der Waals surface area contributed by atoms with Gasteiger partial charge in [-0.3, -0.25) is 0 Å². The monoisotopic (exact) mass is 315 g/mol. The molecule has 100 valence electrons. The van der Waals surface area contributed by atoms with Crippen LogP contribution >= 0.6 is 15.9 Å². The first-order chi connectivity index (χ1) is 8.61. The van der Waals surface area contributed by atoms with Gasteiger partial charge in [0.15, 0.2) is 0 Å². The number of halogens is 2. The molecule has 1 aliphatic carbocycles. The maximum Gasteiger partial charge on any atom is 0.129 e. The Morgan fingerprint density at radius 1 is 1.50 bits per heavy atom. The lowest BCUT2D eigenvalue weighted by atomic mass is 10.0. The fourth-order valence-electron chi connectivity index (χ4n) is 2.74. The Hall–Kier alpha value is -0.450. The summed E-state index contributed by atoms with van der Waals surface area (Å²) in [7, 11) is 0. The predicted octanol–water partition coefficient (Wildman–Crippen LogP) is 3.40. The highest BCUT2D eigenvalue weighted by Crippen LogP contribution is 2.28. The van der Waals surface area contributed by atoms with E-state index in [1.54, 1.807) is 6.07 Å². The van der Waals surface area contributed by atoms with Gasteiger partial charge in [-0.15, -0.1) is 0 Å². The van der Waals surface area contributed by atoms with Gasteiger partial charge < -0.3 is 10.4 Å². The highest BCUT2D eigenvalue weighted by atomic mass is 79.9. The van der Waals surface area contributed by atoms with E-state index in [1.807, 2.05) is 13.0 Å². The first-order valence-electron chi connectivity index (χ1n) is 6.43. The third-order valence-electron chi connectivity index (χ3n) is 3.79. The SMILES string of the molecule is CC(NC1CCCC1CO)c1ccc(Br)cc1F. The van der Waals surface area contributed by atoms with Crippen molar-refractivity contribution in [2.75, 3.05) is 6.61 Å². The van der Waals surface area contributed by atoms with Crippen LogP contribution in [-0.4, -0.2) is 17.8 Å². The molecular formula is C14H19BrFNO. The van der Waals surface area contributed by atoms with E-state index in [1.165, 1.54) is 6.07 Å². The van der Waals surface area contributed by atoms with Crippen LogP contribution in [0.25, 0.3) is 0 Å². The maximum absolute atomic E-state index is 13.8. The zero-order valence-corrected chi connectivity index (χ0v) is 12.1. The molecule has 1 aromatic rings. The molecular weight excluding hydrogens is 297 g/mol. The molecule has 2 nitrogen and oxygen atoms in total. The molecule has 1 saturated carbocycles. The lowest BCUT2D eigenvalue weighted by molar-refractivity contribution is 0.200. The van der Waals surface area contributed by atoms with Gasteiger partial charge in [0.1, 0.15) is 5.82 Å². The summed E-state index contributed by atoms with van der Waals surface area (Å²) in [6, 6.07) is 5.42. The Kier molecular flexibility index (Phi) is 4.76. The fourth-order valence-corrected chi connectivity index (χ4v) is 3.07. The van der Waals surface area contributed by atoms with Crippen molar-refractivity contribution in [2.24, 2.45) is 5.92 Å². The largest absolute Gasteiger partial charge is 0.396 e. The molecule has 0 heterocycles. The predicted molar refractivity (Wildman–Crippen MR) is 73.9 cm³/mol. The molecule has 0 bridgehead atoms. The number of nitrogens with one attached hydrogen (secondary N) is 1. The van der Waals surface area contributed by atoms with Crippen molar-refractivity contribution in [1.29, 1.82) is 0 Å². The summed E-state index contributed by atoms with van der Waals surface area (Å²) in [5.41, 5.74) is 0.682. The molecule has 4 heteroatoms. The van der Waals surface area contributed by atoms with Gasteiger partial charge in [-0.25, -0.2) is 4.39 Å². The smallest absolute Gasteiger partial charge is 0.129 e. The average molecular weight is 316 g/mol. The minimum Gasteiger partial charge on any atom is -0.396 e. The lowest BCUT2D eigenvalue weighted by Crippen LogP contribution is -2.36. The molecule has 18 heavy (non-hydrogen) atoms. The summed E-state index contributed by atoms with van der Waals surface area (Å²) in [4.78, 5) is 0. The van der Waals surface area contributed by atoms with Crippen LogP contribution in [0.4, 0.5) is 4.39 Å². The highest BCUT2D eigenvalue weighted by Gasteiger charge is 2.28. The molecule has 1 fully saturated rings. The Bertz CT molecular complexity index is 413. The van der Waals surface area contributed by atoms with E-state index >= 15 is 0 Å². The van der Waals surface area contributed by atoms with Gasteiger partial charge in [-0.2, -0.15) is 0 Å². The quantitative estimate of drug-likeness (QED) is 0.892. The van der Waals surface area contributed by atoms with Gasteiger partial charge in [0.05, 0.1) is 0 Å². The molecule has 0 radical (unpaired) electrons. The number of aliphatic hydroxyl groups excluding tert-OH is 1. The topological polar surface area (TPSA) is 32.3 Å². The molecule has 1 aliphatic rings. The van der Waals surface area contributed by atoms with Gasteiger partial charge in [0.2, 0.25) is 0 Å². The van der Waals surface area contributed by atoms with E-state index in [2.05, 4.69) is 21.2 Å². The summed E-state index contributed by atoms with van der Waals surface area (Å²) >= 11 is 3.26. The second-order valence-corrected chi connectivity index (χ2v) is 5.95. The average Bonchev–Trinajstić information content (AvgIpc) is 2.76. The van der Waals surface area contributed by atoms with Crippen LogP contribution in [-0.2, 0) is 0 Å². The first kappa shape index (κ1) is 14.0.